The van der Waals surface area contributed by atoms with E-state index in [-0.39, 0.29) is 0 Å². The van der Waals surface area contributed by atoms with Gasteiger partial charge in [-0.15, -0.1) is 0 Å². The highest BCUT2D eigenvalue weighted by Gasteiger charge is 2.18. The number of aromatic nitrogens is 2. The molecule has 0 aliphatic carbocycles. The van der Waals surface area contributed by atoms with Gasteiger partial charge in [-0.05, 0) is 24.2 Å². The van der Waals surface area contributed by atoms with Gasteiger partial charge in [0.15, 0.2) is 0 Å². The fourth-order valence-electron chi connectivity index (χ4n) is 3.68. The van der Waals surface area contributed by atoms with Gasteiger partial charge in [-0.3, -0.25) is 4.79 Å². The van der Waals surface area contributed by atoms with E-state index in [0.29, 0.717) is 5.56 Å². The van der Waals surface area contributed by atoms with Crippen molar-refractivity contribution in [3.63, 3.8) is 0 Å². The van der Waals surface area contributed by atoms with Crippen molar-refractivity contribution in [1.29, 1.82) is 0 Å². The van der Waals surface area contributed by atoms with Crippen molar-refractivity contribution < 1.29 is 10.0 Å². The Labute approximate surface area is 171 Å². The summed E-state index contributed by atoms with van der Waals surface area (Å²) in [4.78, 5) is 20.4. The number of piperazine rings is 1. The molecule has 2 N–H and O–H groups in total. The number of aldehydes is 1. The first-order valence-electron chi connectivity index (χ1n) is 9.96. The summed E-state index contributed by atoms with van der Waals surface area (Å²) in [5.74, 6) is 0. The largest absolute Gasteiger partial charge is 0.368 e. The Morgan fingerprint density at radius 3 is 2.41 bits per heavy atom. The van der Waals surface area contributed by atoms with Crippen LogP contribution in [0.15, 0.2) is 48.8 Å². The Morgan fingerprint density at radius 1 is 1.10 bits per heavy atom. The predicted molar refractivity (Wildman–Crippen MR) is 116 cm³/mol. The zero-order valence-electron chi connectivity index (χ0n) is 17.1. The molecular weight excluding hydrogens is 366 g/mol. The highest BCUT2D eigenvalue weighted by molar-refractivity contribution is 5.90. The predicted octanol–water partition coefficient (Wildman–Crippen LogP) is 2.63. The monoisotopic (exact) mass is 395 g/mol. The van der Waals surface area contributed by atoms with E-state index in [9.17, 15) is 4.79 Å². The van der Waals surface area contributed by atoms with Crippen molar-refractivity contribution in [2.75, 3.05) is 44.7 Å². The summed E-state index contributed by atoms with van der Waals surface area (Å²) in [6.45, 7) is 8.45. The lowest BCUT2D eigenvalue weighted by atomic mass is 10.1. The Kier molecular flexibility index (Phi) is 7.35. The molecule has 0 radical (unpaired) electrons. The Hall–Kier alpha value is -2.74. The molecule has 1 saturated heterocycles. The number of pyridine rings is 1. The van der Waals surface area contributed by atoms with E-state index in [1.54, 1.807) is 5.48 Å². The second kappa shape index (κ2) is 10.2. The molecule has 1 aromatic carbocycles. The second-order valence-electron chi connectivity index (χ2n) is 7.02. The first-order valence-corrected chi connectivity index (χ1v) is 9.96. The van der Waals surface area contributed by atoms with Gasteiger partial charge in [0.2, 0.25) is 0 Å². The number of rotatable bonds is 5. The van der Waals surface area contributed by atoms with E-state index >= 15 is 0 Å². The minimum atomic E-state index is 0.706. The maximum atomic E-state index is 10.8. The van der Waals surface area contributed by atoms with Crippen molar-refractivity contribution in [3.05, 3.63) is 59.9 Å². The lowest BCUT2D eigenvalue weighted by molar-refractivity contribution is 0.112. The zero-order chi connectivity index (χ0) is 20.6. The Bertz CT molecular complexity index is 915. The molecule has 154 valence electrons. The van der Waals surface area contributed by atoms with Crippen molar-refractivity contribution in [2.24, 2.45) is 0 Å². The number of anilines is 1. The summed E-state index contributed by atoms with van der Waals surface area (Å²) < 4.78 is 2.18. The lowest BCUT2D eigenvalue weighted by Crippen LogP contribution is -2.46. The molecule has 0 atom stereocenters. The van der Waals surface area contributed by atoms with Gasteiger partial charge < -0.3 is 19.6 Å². The van der Waals surface area contributed by atoms with E-state index in [4.69, 9.17) is 5.21 Å². The van der Waals surface area contributed by atoms with E-state index < -0.39 is 0 Å². The third-order valence-corrected chi connectivity index (χ3v) is 5.27. The first-order chi connectivity index (χ1) is 14.2. The van der Waals surface area contributed by atoms with E-state index in [2.05, 4.69) is 44.6 Å². The fraction of sp³-hybridized carbons (Fsp3) is 0.364. The summed E-state index contributed by atoms with van der Waals surface area (Å²) >= 11 is 0. The minimum absolute atomic E-state index is 0.706. The van der Waals surface area contributed by atoms with Crippen LogP contribution in [0, 0.1) is 0 Å². The van der Waals surface area contributed by atoms with E-state index in [0.717, 1.165) is 56.8 Å². The third-order valence-electron chi connectivity index (χ3n) is 5.27. The van der Waals surface area contributed by atoms with Gasteiger partial charge in [-0.2, -0.15) is 0 Å². The molecule has 1 aliphatic heterocycles. The van der Waals surface area contributed by atoms with E-state index in [1.165, 1.54) is 18.1 Å². The smallest absolute Gasteiger partial charge is 0.150 e. The topological polar surface area (TPSA) is 73.6 Å². The van der Waals surface area contributed by atoms with Crippen molar-refractivity contribution in [1.82, 2.24) is 19.9 Å². The van der Waals surface area contributed by atoms with E-state index in [1.807, 2.05) is 30.5 Å². The molecule has 0 saturated carbocycles. The Balaban J connectivity index is 0.000000755. The van der Waals surface area contributed by atoms with Crippen molar-refractivity contribution >= 4 is 23.0 Å². The SMILES string of the molecule is CCN1CCN(c2ccnc3c2ccn3Cc2ccc(C=O)cc2)CC1.CNO. The summed E-state index contributed by atoms with van der Waals surface area (Å²) in [6.07, 6.45) is 4.90. The minimum Gasteiger partial charge on any atom is -0.368 e. The number of hydroxylamine groups is 1. The molecule has 2 aromatic heterocycles. The molecule has 0 unspecified atom stereocenters. The number of nitrogens with zero attached hydrogens (tertiary/aromatic N) is 4. The highest BCUT2D eigenvalue weighted by Crippen LogP contribution is 2.27. The molecule has 0 amide bonds. The maximum Gasteiger partial charge on any atom is 0.150 e. The number of carbonyl (C=O) groups is 1. The molecule has 0 spiro atoms. The van der Waals surface area contributed by atoms with Crippen LogP contribution in [0.25, 0.3) is 11.0 Å². The van der Waals surface area contributed by atoms with Gasteiger partial charge in [0, 0.05) is 68.8 Å². The van der Waals surface area contributed by atoms with Crippen LogP contribution in [-0.2, 0) is 6.54 Å². The summed E-state index contributed by atoms with van der Waals surface area (Å²) in [6, 6.07) is 12.0. The van der Waals surface area contributed by atoms with Crippen molar-refractivity contribution in [3.8, 4) is 0 Å². The standard InChI is InChI=1S/C21H24N4O.CH5NO/c1-2-23-11-13-24(14-12-23)20-7-9-22-21-19(20)8-10-25(21)15-17-3-5-18(16-26)6-4-17;1-2-3/h3-10,16H,2,11-15H2,1H3;2-3H,1H3. The van der Waals surface area contributed by atoms with Gasteiger partial charge in [-0.1, -0.05) is 31.2 Å². The normalized spacial score (nSPS) is 14.5. The molecule has 4 rings (SSSR count). The molecule has 7 heteroatoms. The first kappa shape index (κ1) is 21.0. The summed E-state index contributed by atoms with van der Waals surface area (Å²) in [7, 11) is 1.43. The average Bonchev–Trinajstić information content (AvgIpc) is 3.18. The molecule has 1 fully saturated rings. The average molecular weight is 396 g/mol. The highest BCUT2D eigenvalue weighted by atomic mass is 16.5. The number of likely N-dealkylation sites (N-methyl/N-ethyl adjacent to an activating group) is 1. The number of hydrogen-bond donors (Lipinski definition) is 2. The second-order valence-corrected chi connectivity index (χ2v) is 7.02. The third kappa shape index (κ3) is 5.00. The quantitative estimate of drug-likeness (QED) is 0.511. The Morgan fingerprint density at radius 2 is 1.79 bits per heavy atom. The van der Waals surface area contributed by atoms with Crippen molar-refractivity contribution in [2.45, 2.75) is 13.5 Å². The van der Waals surface area contributed by atoms with Crippen LogP contribution in [0.5, 0.6) is 0 Å². The van der Waals surface area contributed by atoms with Crippen LogP contribution in [-0.4, -0.2) is 65.7 Å². The molecule has 1 aliphatic rings. The van der Waals surface area contributed by atoms with Crippen LogP contribution >= 0.6 is 0 Å². The number of carbonyl (C=O) groups excluding carboxylic acids is 1. The molecule has 3 aromatic rings. The van der Waals surface area contributed by atoms with Crippen LogP contribution in [0.3, 0.4) is 0 Å². The fourth-order valence-corrected chi connectivity index (χ4v) is 3.68. The molecular formula is C22H29N5O2. The lowest BCUT2D eigenvalue weighted by Gasteiger charge is -2.35. The van der Waals surface area contributed by atoms with Crippen LogP contribution in [0.4, 0.5) is 5.69 Å². The molecule has 0 bridgehead atoms. The summed E-state index contributed by atoms with van der Waals surface area (Å²) in [5.41, 5.74) is 5.91. The van der Waals surface area contributed by atoms with Crippen LogP contribution < -0.4 is 10.4 Å². The van der Waals surface area contributed by atoms with Gasteiger partial charge >= 0.3 is 0 Å². The van der Waals surface area contributed by atoms with Gasteiger partial charge in [0.05, 0.1) is 0 Å². The molecule has 7 nitrogen and oxygen atoms in total. The van der Waals surface area contributed by atoms with Crippen LogP contribution in [0.2, 0.25) is 0 Å². The number of fused-ring (bicyclic) bond motifs is 1. The summed E-state index contributed by atoms with van der Waals surface area (Å²) in [5, 5.41) is 8.53. The van der Waals surface area contributed by atoms with Crippen LogP contribution in [0.1, 0.15) is 22.8 Å². The number of nitrogens with one attached hydrogen (secondary N) is 1. The molecule has 29 heavy (non-hydrogen) atoms. The maximum absolute atomic E-state index is 10.8. The van der Waals surface area contributed by atoms with Gasteiger partial charge in [0.25, 0.3) is 0 Å². The van der Waals surface area contributed by atoms with Gasteiger partial charge in [0.1, 0.15) is 11.9 Å². The molecule has 3 heterocycles. The number of hydrogen-bond acceptors (Lipinski definition) is 6. The van der Waals surface area contributed by atoms with Gasteiger partial charge in [-0.25, -0.2) is 10.5 Å². The zero-order valence-corrected chi connectivity index (χ0v) is 17.1. The number of benzene rings is 1.